The van der Waals surface area contributed by atoms with Crippen LogP contribution in [0.4, 0.5) is 0 Å². The molecule has 13 heavy (non-hydrogen) atoms. The van der Waals surface area contributed by atoms with E-state index in [4.69, 9.17) is 4.74 Å². The average molecular weight is 245 g/mol. The zero-order valence-electron chi connectivity index (χ0n) is 7.53. The Morgan fingerprint density at radius 2 is 2.15 bits per heavy atom. The lowest BCUT2D eigenvalue weighted by molar-refractivity contribution is 0.104. The van der Waals surface area contributed by atoms with E-state index in [2.05, 4.69) is 15.9 Å². The van der Waals surface area contributed by atoms with E-state index in [1.807, 2.05) is 31.2 Å². The zero-order valence-corrected chi connectivity index (χ0v) is 9.12. The number of aliphatic hydroxyl groups is 1. The van der Waals surface area contributed by atoms with E-state index >= 15 is 0 Å². The maximum Gasteiger partial charge on any atom is 0.133 e. The molecule has 0 heterocycles. The van der Waals surface area contributed by atoms with E-state index in [1.54, 1.807) is 0 Å². The van der Waals surface area contributed by atoms with Crippen molar-refractivity contribution in [1.82, 2.24) is 0 Å². The molecule has 2 nitrogen and oxygen atoms in total. The fourth-order valence-corrected chi connectivity index (χ4v) is 1.26. The first-order chi connectivity index (χ1) is 6.24. The molecule has 1 aromatic rings. The van der Waals surface area contributed by atoms with Crippen LogP contribution in [0.1, 0.15) is 13.3 Å². The highest BCUT2D eigenvalue weighted by Crippen LogP contribution is 2.23. The third kappa shape index (κ3) is 3.36. The molecular weight excluding hydrogens is 232 g/mol. The molecule has 0 fully saturated rings. The molecule has 1 N–H and O–H groups in total. The molecule has 1 atom stereocenters. The zero-order chi connectivity index (χ0) is 9.68. The van der Waals surface area contributed by atoms with Crippen LogP contribution < -0.4 is 4.74 Å². The van der Waals surface area contributed by atoms with Crippen LogP contribution in [0.5, 0.6) is 5.75 Å². The van der Waals surface area contributed by atoms with E-state index in [-0.39, 0.29) is 6.10 Å². The Labute approximate surface area is 86.7 Å². The fraction of sp³-hybridized carbons (Fsp3) is 0.400. The summed E-state index contributed by atoms with van der Waals surface area (Å²) in [6.45, 7) is 2.27. The largest absolute Gasteiger partial charge is 0.490 e. The molecule has 0 saturated carbocycles. The van der Waals surface area contributed by atoms with Gasteiger partial charge in [0.1, 0.15) is 12.4 Å². The predicted octanol–water partition coefficient (Wildman–Crippen LogP) is 2.60. The first-order valence-corrected chi connectivity index (χ1v) is 5.08. The van der Waals surface area contributed by atoms with Crippen molar-refractivity contribution < 1.29 is 9.84 Å². The molecule has 0 spiro atoms. The van der Waals surface area contributed by atoms with Gasteiger partial charge >= 0.3 is 0 Å². The summed E-state index contributed by atoms with van der Waals surface area (Å²) in [5, 5.41) is 9.27. The number of benzene rings is 1. The molecule has 1 aromatic carbocycles. The van der Waals surface area contributed by atoms with Crippen molar-refractivity contribution in [3.05, 3.63) is 28.7 Å². The van der Waals surface area contributed by atoms with Gasteiger partial charge in [-0.25, -0.2) is 0 Å². The lowest BCUT2D eigenvalue weighted by Crippen LogP contribution is -2.16. The van der Waals surface area contributed by atoms with E-state index in [9.17, 15) is 5.11 Å². The maximum absolute atomic E-state index is 9.27. The van der Waals surface area contributed by atoms with Gasteiger partial charge in [0.15, 0.2) is 0 Å². The quantitative estimate of drug-likeness (QED) is 0.883. The van der Waals surface area contributed by atoms with Gasteiger partial charge in [-0.15, -0.1) is 0 Å². The number of hydrogen-bond donors (Lipinski definition) is 1. The number of para-hydroxylation sites is 1. The molecule has 0 amide bonds. The number of halogens is 1. The van der Waals surface area contributed by atoms with Crippen molar-refractivity contribution in [2.24, 2.45) is 0 Å². The predicted molar refractivity (Wildman–Crippen MR) is 55.9 cm³/mol. The van der Waals surface area contributed by atoms with E-state index in [1.165, 1.54) is 0 Å². The van der Waals surface area contributed by atoms with Crippen LogP contribution in [0.25, 0.3) is 0 Å². The molecule has 0 radical (unpaired) electrons. The van der Waals surface area contributed by atoms with Crippen molar-refractivity contribution in [2.45, 2.75) is 19.4 Å². The standard InChI is InChI=1S/C10H13BrO2/c1-2-8(12)7-13-10-6-4-3-5-9(10)11/h3-6,8,12H,2,7H2,1H3. The first kappa shape index (κ1) is 10.5. The van der Waals surface area contributed by atoms with Crippen molar-refractivity contribution in [3.63, 3.8) is 0 Å². The second-order valence-electron chi connectivity index (χ2n) is 2.80. The molecule has 0 aliphatic carbocycles. The first-order valence-electron chi connectivity index (χ1n) is 4.29. The molecule has 1 unspecified atom stereocenters. The third-order valence-electron chi connectivity index (χ3n) is 1.74. The van der Waals surface area contributed by atoms with Crippen LogP contribution in [0.15, 0.2) is 28.7 Å². The third-order valence-corrected chi connectivity index (χ3v) is 2.39. The van der Waals surface area contributed by atoms with E-state index in [0.29, 0.717) is 13.0 Å². The Morgan fingerprint density at radius 3 is 2.77 bits per heavy atom. The lowest BCUT2D eigenvalue weighted by atomic mass is 10.3. The Balaban J connectivity index is 2.50. The summed E-state index contributed by atoms with van der Waals surface area (Å²) in [6, 6.07) is 7.60. The van der Waals surface area contributed by atoms with Crippen molar-refractivity contribution in [1.29, 1.82) is 0 Å². The van der Waals surface area contributed by atoms with Gasteiger partial charge in [-0.1, -0.05) is 19.1 Å². The summed E-state index contributed by atoms with van der Waals surface area (Å²) in [7, 11) is 0. The number of aliphatic hydroxyl groups excluding tert-OH is 1. The molecule has 0 aliphatic rings. The van der Waals surface area contributed by atoms with Crippen molar-refractivity contribution >= 4 is 15.9 Å². The minimum absolute atomic E-state index is 0.346. The summed E-state index contributed by atoms with van der Waals surface area (Å²) >= 11 is 3.36. The Hall–Kier alpha value is -0.540. The second kappa shape index (κ2) is 5.25. The van der Waals surface area contributed by atoms with Gasteiger partial charge < -0.3 is 9.84 Å². The summed E-state index contributed by atoms with van der Waals surface area (Å²) in [6.07, 6.45) is 0.330. The molecule has 0 aromatic heterocycles. The van der Waals surface area contributed by atoms with Crippen LogP contribution in [0.3, 0.4) is 0 Å². The van der Waals surface area contributed by atoms with Gasteiger partial charge in [-0.2, -0.15) is 0 Å². The molecule has 0 saturated heterocycles. The van der Waals surface area contributed by atoms with Crippen LogP contribution in [0, 0.1) is 0 Å². The Kier molecular flexibility index (Phi) is 4.25. The number of rotatable bonds is 4. The van der Waals surface area contributed by atoms with Gasteiger partial charge in [-0.05, 0) is 34.5 Å². The fourth-order valence-electron chi connectivity index (χ4n) is 0.866. The summed E-state index contributed by atoms with van der Waals surface area (Å²) in [4.78, 5) is 0. The SMILES string of the molecule is CCC(O)COc1ccccc1Br. The highest BCUT2D eigenvalue weighted by molar-refractivity contribution is 9.10. The van der Waals surface area contributed by atoms with Gasteiger partial charge in [0.25, 0.3) is 0 Å². The maximum atomic E-state index is 9.27. The number of ether oxygens (including phenoxy) is 1. The summed E-state index contributed by atoms with van der Waals surface area (Å²) in [5.41, 5.74) is 0. The molecule has 72 valence electrons. The lowest BCUT2D eigenvalue weighted by Gasteiger charge is -2.10. The van der Waals surface area contributed by atoms with Crippen LogP contribution in [-0.4, -0.2) is 17.8 Å². The van der Waals surface area contributed by atoms with Crippen LogP contribution in [-0.2, 0) is 0 Å². The Bertz CT molecular complexity index is 263. The van der Waals surface area contributed by atoms with Crippen molar-refractivity contribution in [3.8, 4) is 5.75 Å². The molecule has 3 heteroatoms. The summed E-state index contributed by atoms with van der Waals surface area (Å²) < 4.78 is 6.31. The second-order valence-corrected chi connectivity index (χ2v) is 3.66. The highest BCUT2D eigenvalue weighted by Gasteiger charge is 2.03. The molecule has 0 bridgehead atoms. The average Bonchev–Trinajstić information content (AvgIpc) is 2.16. The van der Waals surface area contributed by atoms with Gasteiger partial charge in [0.05, 0.1) is 10.6 Å². The molecule has 0 aliphatic heterocycles. The number of hydrogen-bond acceptors (Lipinski definition) is 2. The minimum Gasteiger partial charge on any atom is -0.490 e. The molecular formula is C10H13BrO2. The smallest absolute Gasteiger partial charge is 0.133 e. The van der Waals surface area contributed by atoms with Gasteiger partial charge in [0, 0.05) is 0 Å². The van der Waals surface area contributed by atoms with E-state index < -0.39 is 0 Å². The monoisotopic (exact) mass is 244 g/mol. The van der Waals surface area contributed by atoms with E-state index in [0.717, 1.165) is 10.2 Å². The molecule has 1 rings (SSSR count). The Morgan fingerprint density at radius 1 is 1.46 bits per heavy atom. The van der Waals surface area contributed by atoms with Crippen LogP contribution in [0.2, 0.25) is 0 Å². The van der Waals surface area contributed by atoms with Crippen LogP contribution >= 0.6 is 15.9 Å². The van der Waals surface area contributed by atoms with Gasteiger partial charge in [-0.3, -0.25) is 0 Å². The van der Waals surface area contributed by atoms with Crippen molar-refractivity contribution in [2.75, 3.05) is 6.61 Å². The minimum atomic E-state index is -0.382. The topological polar surface area (TPSA) is 29.5 Å². The highest BCUT2D eigenvalue weighted by atomic mass is 79.9. The summed E-state index contributed by atoms with van der Waals surface area (Å²) in [5.74, 6) is 0.773. The van der Waals surface area contributed by atoms with Gasteiger partial charge in [0.2, 0.25) is 0 Å². The normalized spacial score (nSPS) is 12.5.